The predicted octanol–water partition coefficient (Wildman–Crippen LogP) is 2.88. The minimum Gasteiger partial charge on any atom is -0.481 e. The van der Waals surface area contributed by atoms with E-state index >= 15 is 0 Å². The van der Waals surface area contributed by atoms with E-state index in [1.807, 2.05) is 0 Å². The third-order valence-electron chi connectivity index (χ3n) is 4.27. The van der Waals surface area contributed by atoms with Gasteiger partial charge in [0.25, 0.3) is 0 Å². The first-order chi connectivity index (χ1) is 9.06. The topological polar surface area (TPSA) is 53.4 Å². The number of rotatable bonds is 2. The molecular formula is C14H20N2O2S. The highest BCUT2D eigenvalue weighted by atomic mass is 32.1. The van der Waals surface area contributed by atoms with E-state index in [2.05, 4.69) is 23.7 Å². The molecule has 2 aliphatic rings. The summed E-state index contributed by atoms with van der Waals surface area (Å²) < 4.78 is 0. The Kier molecular flexibility index (Phi) is 3.25. The number of aromatic nitrogens is 1. The largest absolute Gasteiger partial charge is 0.481 e. The molecule has 5 heteroatoms. The van der Waals surface area contributed by atoms with E-state index in [0.717, 1.165) is 36.6 Å². The fourth-order valence-electron chi connectivity index (χ4n) is 3.34. The molecule has 1 N–H and O–H groups in total. The second-order valence-electron chi connectivity index (χ2n) is 5.93. The van der Waals surface area contributed by atoms with Gasteiger partial charge in [0.05, 0.1) is 5.69 Å². The third kappa shape index (κ3) is 2.24. The van der Waals surface area contributed by atoms with E-state index in [9.17, 15) is 9.90 Å². The lowest BCUT2D eigenvalue weighted by Gasteiger charge is -2.20. The van der Waals surface area contributed by atoms with Crippen molar-refractivity contribution in [3.8, 4) is 0 Å². The lowest BCUT2D eigenvalue weighted by molar-refractivity contribution is -0.139. The van der Waals surface area contributed by atoms with E-state index in [-0.39, 0.29) is 5.92 Å². The SMILES string of the molecule is CC1CC(C)N(c2nc3c(s2)CCCC3C(=O)O)C1. The van der Waals surface area contributed by atoms with Crippen molar-refractivity contribution >= 4 is 22.4 Å². The standard InChI is InChI=1S/C14H20N2O2S/c1-8-6-9(2)16(7-8)14-15-12-10(13(17)18)4-3-5-11(12)19-14/h8-10H,3-7H2,1-2H3,(H,17,18). The van der Waals surface area contributed by atoms with Gasteiger partial charge in [-0.05, 0) is 38.5 Å². The lowest BCUT2D eigenvalue weighted by Crippen LogP contribution is -2.26. The maximum Gasteiger partial charge on any atom is 0.312 e. The van der Waals surface area contributed by atoms with Gasteiger partial charge in [-0.2, -0.15) is 0 Å². The first kappa shape index (κ1) is 12.9. The molecule has 1 aromatic rings. The number of nitrogens with zero attached hydrogens (tertiary/aromatic N) is 2. The summed E-state index contributed by atoms with van der Waals surface area (Å²) in [5, 5.41) is 10.3. The van der Waals surface area contributed by atoms with Crippen LogP contribution in [-0.2, 0) is 11.2 Å². The zero-order valence-corrected chi connectivity index (χ0v) is 12.2. The number of thiazole rings is 1. The van der Waals surface area contributed by atoms with Crippen LogP contribution in [0.15, 0.2) is 0 Å². The third-order valence-corrected chi connectivity index (χ3v) is 5.44. The number of aryl methyl sites for hydroxylation is 1. The molecule has 3 atom stereocenters. The normalized spacial score (nSPS) is 30.4. The molecule has 19 heavy (non-hydrogen) atoms. The summed E-state index contributed by atoms with van der Waals surface area (Å²) in [6, 6.07) is 0.519. The Morgan fingerprint density at radius 3 is 2.89 bits per heavy atom. The summed E-state index contributed by atoms with van der Waals surface area (Å²) in [4.78, 5) is 19.5. The number of carboxylic acids is 1. The summed E-state index contributed by atoms with van der Waals surface area (Å²) >= 11 is 1.71. The van der Waals surface area contributed by atoms with Gasteiger partial charge in [-0.3, -0.25) is 4.79 Å². The maximum absolute atomic E-state index is 11.3. The van der Waals surface area contributed by atoms with Crippen molar-refractivity contribution in [1.82, 2.24) is 4.98 Å². The van der Waals surface area contributed by atoms with Crippen molar-refractivity contribution in [3.63, 3.8) is 0 Å². The summed E-state index contributed by atoms with van der Waals surface area (Å²) in [5.74, 6) is -0.407. The summed E-state index contributed by atoms with van der Waals surface area (Å²) in [5.41, 5.74) is 0.838. The highest BCUT2D eigenvalue weighted by Gasteiger charge is 2.33. The molecule has 1 fully saturated rings. The minimum atomic E-state index is -0.722. The Morgan fingerprint density at radius 1 is 1.47 bits per heavy atom. The number of carboxylic acid groups (broad SMARTS) is 1. The molecular weight excluding hydrogens is 260 g/mol. The van der Waals surface area contributed by atoms with Crippen molar-refractivity contribution in [2.75, 3.05) is 11.4 Å². The predicted molar refractivity (Wildman–Crippen MR) is 76.0 cm³/mol. The van der Waals surface area contributed by atoms with Gasteiger partial charge in [0.2, 0.25) is 0 Å². The van der Waals surface area contributed by atoms with Gasteiger partial charge in [0.15, 0.2) is 5.13 Å². The molecule has 4 nitrogen and oxygen atoms in total. The zero-order chi connectivity index (χ0) is 13.6. The average molecular weight is 280 g/mol. The van der Waals surface area contributed by atoms with Gasteiger partial charge in [-0.25, -0.2) is 4.98 Å². The molecule has 0 aromatic carbocycles. The number of aliphatic carboxylic acids is 1. The minimum absolute atomic E-state index is 0.385. The Balaban J connectivity index is 1.91. The van der Waals surface area contributed by atoms with Crippen LogP contribution in [0.5, 0.6) is 0 Å². The summed E-state index contributed by atoms with van der Waals surface area (Å²) in [6.07, 6.45) is 3.90. The Morgan fingerprint density at radius 2 is 2.26 bits per heavy atom. The maximum atomic E-state index is 11.3. The zero-order valence-electron chi connectivity index (χ0n) is 11.4. The molecule has 0 saturated carbocycles. The highest BCUT2D eigenvalue weighted by Crippen LogP contribution is 2.40. The number of carbonyl (C=O) groups is 1. The number of hydrogen-bond acceptors (Lipinski definition) is 4. The summed E-state index contributed by atoms with van der Waals surface area (Å²) in [6.45, 7) is 5.55. The van der Waals surface area contributed by atoms with Gasteiger partial charge >= 0.3 is 5.97 Å². The second kappa shape index (κ2) is 4.78. The number of anilines is 1. The highest BCUT2D eigenvalue weighted by molar-refractivity contribution is 7.15. The van der Waals surface area contributed by atoms with Crippen LogP contribution in [0.2, 0.25) is 0 Å². The number of hydrogen-bond donors (Lipinski definition) is 1. The second-order valence-corrected chi connectivity index (χ2v) is 6.99. The smallest absolute Gasteiger partial charge is 0.312 e. The van der Waals surface area contributed by atoms with Crippen LogP contribution in [0, 0.1) is 5.92 Å². The molecule has 0 radical (unpaired) electrons. The van der Waals surface area contributed by atoms with Crippen molar-refractivity contribution < 1.29 is 9.90 Å². The van der Waals surface area contributed by atoms with Crippen molar-refractivity contribution in [2.24, 2.45) is 5.92 Å². The van der Waals surface area contributed by atoms with E-state index in [0.29, 0.717) is 12.0 Å². The molecule has 1 aromatic heterocycles. The fourth-order valence-corrected chi connectivity index (χ4v) is 4.61. The van der Waals surface area contributed by atoms with E-state index in [1.54, 1.807) is 11.3 Å². The number of fused-ring (bicyclic) bond motifs is 1. The van der Waals surface area contributed by atoms with Crippen LogP contribution >= 0.6 is 11.3 Å². The van der Waals surface area contributed by atoms with Crippen LogP contribution in [0.3, 0.4) is 0 Å². The van der Waals surface area contributed by atoms with Gasteiger partial charge < -0.3 is 10.0 Å². The quantitative estimate of drug-likeness (QED) is 0.905. The Labute approximate surface area is 117 Å². The monoisotopic (exact) mass is 280 g/mol. The van der Waals surface area contributed by atoms with Crippen molar-refractivity contribution in [2.45, 2.75) is 51.5 Å². The molecule has 2 heterocycles. The van der Waals surface area contributed by atoms with Gasteiger partial charge in [-0.15, -0.1) is 11.3 Å². The van der Waals surface area contributed by atoms with Crippen LogP contribution in [0.25, 0.3) is 0 Å². The molecule has 104 valence electrons. The Hall–Kier alpha value is -1.10. The van der Waals surface area contributed by atoms with Crippen molar-refractivity contribution in [1.29, 1.82) is 0 Å². The van der Waals surface area contributed by atoms with Crippen molar-refractivity contribution in [3.05, 3.63) is 10.6 Å². The summed E-state index contributed by atoms with van der Waals surface area (Å²) in [7, 11) is 0. The molecule has 3 rings (SSSR count). The molecule has 0 amide bonds. The first-order valence-corrected chi connectivity index (χ1v) is 7.87. The lowest BCUT2D eigenvalue weighted by atomic mass is 9.91. The van der Waals surface area contributed by atoms with E-state index in [1.165, 1.54) is 11.3 Å². The average Bonchev–Trinajstić information content (AvgIpc) is 2.91. The van der Waals surface area contributed by atoms with Gasteiger partial charge in [0.1, 0.15) is 5.92 Å². The molecule has 3 unspecified atom stereocenters. The Bertz CT molecular complexity index is 500. The van der Waals surface area contributed by atoms with E-state index in [4.69, 9.17) is 0 Å². The van der Waals surface area contributed by atoms with Gasteiger partial charge in [-0.1, -0.05) is 6.92 Å². The molecule has 0 bridgehead atoms. The molecule has 0 spiro atoms. The van der Waals surface area contributed by atoms with Crippen LogP contribution in [-0.4, -0.2) is 28.6 Å². The fraction of sp³-hybridized carbons (Fsp3) is 0.714. The first-order valence-electron chi connectivity index (χ1n) is 7.05. The van der Waals surface area contributed by atoms with Crippen LogP contribution in [0.1, 0.15) is 49.6 Å². The van der Waals surface area contributed by atoms with Crippen LogP contribution < -0.4 is 4.90 Å². The molecule has 1 aliphatic carbocycles. The molecule has 1 aliphatic heterocycles. The van der Waals surface area contributed by atoms with Gasteiger partial charge in [0, 0.05) is 17.5 Å². The molecule has 1 saturated heterocycles. The van der Waals surface area contributed by atoms with Crippen LogP contribution in [0.4, 0.5) is 5.13 Å². The van der Waals surface area contributed by atoms with E-state index < -0.39 is 5.97 Å².